The van der Waals surface area contributed by atoms with Gasteiger partial charge in [0.2, 0.25) is 0 Å². The van der Waals surface area contributed by atoms with Crippen molar-refractivity contribution in [1.82, 2.24) is 15.3 Å². The van der Waals surface area contributed by atoms with Crippen LogP contribution in [0.2, 0.25) is 0 Å². The highest BCUT2D eigenvalue weighted by molar-refractivity contribution is 5.31. The highest BCUT2D eigenvalue weighted by atomic mass is 14.9. The van der Waals surface area contributed by atoms with Crippen molar-refractivity contribution in [2.45, 2.75) is 12.5 Å². The first-order chi connectivity index (χ1) is 10.4. The second kappa shape index (κ2) is 6.86. The summed E-state index contributed by atoms with van der Waals surface area (Å²) in [6.45, 7) is 0.899. The molecule has 2 aromatic carbocycles. The smallest absolute Gasteiger partial charge is 0.0921 e. The van der Waals surface area contributed by atoms with Crippen molar-refractivity contribution < 1.29 is 0 Å². The number of aromatic nitrogens is 2. The topological polar surface area (TPSA) is 40.7 Å². The van der Waals surface area contributed by atoms with Crippen LogP contribution in [0.1, 0.15) is 22.9 Å². The van der Waals surface area contributed by atoms with Crippen molar-refractivity contribution in [3.8, 4) is 0 Å². The SMILES string of the molecule is c1ccc(C(NCCc2cnc[nH]2)c2ccccc2)cc1. The summed E-state index contributed by atoms with van der Waals surface area (Å²) in [5.41, 5.74) is 3.73. The summed E-state index contributed by atoms with van der Waals surface area (Å²) in [4.78, 5) is 7.19. The van der Waals surface area contributed by atoms with Crippen LogP contribution in [-0.4, -0.2) is 16.5 Å². The molecule has 0 saturated heterocycles. The lowest BCUT2D eigenvalue weighted by molar-refractivity contribution is 0.603. The molecule has 2 N–H and O–H groups in total. The minimum Gasteiger partial charge on any atom is -0.348 e. The fourth-order valence-electron chi connectivity index (χ4n) is 2.49. The van der Waals surface area contributed by atoms with Gasteiger partial charge in [-0.2, -0.15) is 0 Å². The molecule has 0 atom stereocenters. The second-order valence-corrected chi connectivity index (χ2v) is 5.04. The molecule has 1 heterocycles. The van der Waals surface area contributed by atoms with Crippen LogP contribution >= 0.6 is 0 Å². The van der Waals surface area contributed by atoms with E-state index < -0.39 is 0 Å². The first-order valence-corrected chi connectivity index (χ1v) is 7.24. The Balaban J connectivity index is 1.73. The van der Waals surface area contributed by atoms with Gasteiger partial charge in [0.1, 0.15) is 0 Å². The summed E-state index contributed by atoms with van der Waals surface area (Å²) in [7, 11) is 0. The number of rotatable bonds is 6. The van der Waals surface area contributed by atoms with E-state index in [4.69, 9.17) is 0 Å². The monoisotopic (exact) mass is 277 g/mol. The molecule has 0 aliphatic rings. The normalized spacial score (nSPS) is 10.9. The molecule has 0 bridgehead atoms. The quantitative estimate of drug-likeness (QED) is 0.725. The van der Waals surface area contributed by atoms with Crippen LogP contribution in [0.25, 0.3) is 0 Å². The molecule has 0 aliphatic carbocycles. The number of imidazole rings is 1. The van der Waals surface area contributed by atoms with E-state index in [1.165, 1.54) is 11.1 Å². The Morgan fingerprint density at radius 3 is 2.05 bits per heavy atom. The molecule has 0 spiro atoms. The number of nitrogens with zero attached hydrogens (tertiary/aromatic N) is 1. The van der Waals surface area contributed by atoms with Gasteiger partial charge in [0.25, 0.3) is 0 Å². The lowest BCUT2D eigenvalue weighted by atomic mass is 9.98. The van der Waals surface area contributed by atoms with Crippen LogP contribution in [-0.2, 0) is 6.42 Å². The number of hydrogen-bond donors (Lipinski definition) is 2. The van der Waals surface area contributed by atoms with E-state index in [1.807, 2.05) is 6.20 Å². The van der Waals surface area contributed by atoms with Gasteiger partial charge in [0, 0.05) is 24.9 Å². The van der Waals surface area contributed by atoms with Gasteiger partial charge in [-0.3, -0.25) is 0 Å². The summed E-state index contributed by atoms with van der Waals surface area (Å²) >= 11 is 0. The van der Waals surface area contributed by atoms with E-state index in [2.05, 4.69) is 75.9 Å². The second-order valence-electron chi connectivity index (χ2n) is 5.04. The largest absolute Gasteiger partial charge is 0.348 e. The Kier molecular flexibility index (Phi) is 4.44. The number of benzene rings is 2. The van der Waals surface area contributed by atoms with Crippen LogP contribution in [0.5, 0.6) is 0 Å². The van der Waals surface area contributed by atoms with Gasteiger partial charge in [-0.05, 0) is 11.1 Å². The van der Waals surface area contributed by atoms with E-state index >= 15 is 0 Å². The maximum atomic E-state index is 4.05. The van der Waals surface area contributed by atoms with Crippen molar-refractivity contribution in [1.29, 1.82) is 0 Å². The van der Waals surface area contributed by atoms with Crippen LogP contribution in [0.4, 0.5) is 0 Å². The van der Waals surface area contributed by atoms with E-state index in [-0.39, 0.29) is 6.04 Å². The highest BCUT2D eigenvalue weighted by Gasteiger charge is 2.12. The van der Waals surface area contributed by atoms with Gasteiger partial charge in [-0.15, -0.1) is 0 Å². The third-order valence-electron chi connectivity index (χ3n) is 3.56. The van der Waals surface area contributed by atoms with Gasteiger partial charge >= 0.3 is 0 Å². The average molecular weight is 277 g/mol. The number of hydrogen-bond acceptors (Lipinski definition) is 2. The first-order valence-electron chi connectivity index (χ1n) is 7.24. The molecule has 3 nitrogen and oxygen atoms in total. The maximum Gasteiger partial charge on any atom is 0.0921 e. The molecule has 21 heavy (non-hydrogen) atoms. The van der Waals surface area contributed by atoms with Crippen molar-refractivity contribution in [3.05, 3.63) is 90.0 Å². The zero-order valence-corrected chi connectivity index (χ0v) is 11.9. The van der Waals surface area contributed by atoms with Gasteiger partial charge < -0.3 is 10.3 Å². The van der Waals surface area contributed by atoms with E-state index in [1.54, 1.807) is 6.33 Å². The Bertz CT molecular complexity index is 593. The van der Waals surface area contributed by atoms with Gasteiger partial charge in [0.15, 0.2) is 0 Å². The summed E-state index contributed by atoms with van der Waals surface area (Å²) in [6.07, 6.45) is 4.54. The van der Waals surface area contributed by atoms with Gasteiger partial charge in [0.05, 0.1) is 12.4 Å². The minimum atomic E-state index is 0.218. The number of nitrogens with one attached hydrogen (secondary N) is 2. The summed E-state index contributed by atoms with van der Waals surface area (Å²) < 4.78 is 0. The van der Waals surface area contributed by atoms with Crippen LogP contribution in [0.15, 0.2) is 73.2 Å². The van der Waals surface area contributed by atoms with Crippen molar-refractivity contribution in [2.24, 2.45) is 0 Å². The van der Waals surface area contributed by atoms with E-state index in [0.29, 0.717) is 0 Å². The fourth-order valence-corrected chi connectivity index (χ4v) is 2.49. The molecule has 0 saturated carbocycles. The molecular weight excluding hydrogens is 258 g/mol. The minimum absolute atomic E-state index is 0.218. The maximum absolute atomic E-state index is 4.05. The molecule has 0 radical (unpaired) electrons. The molecular formula is C18H19N3. The molecule has 0 amide bonds. The Labute approximate surface area is 125 Å². The number of H-pyrrole nitrogens is 1. The molecule has 3 heteroatoms. The van der Waals surface area contributed by atoms with E-state index in [0.717, 1.165) is 18.7 Å². The van der Waals surface area contributed by atoms with Crippen molar-refractivity contribution >= 4 is 0 Å². The predicted octanol–water partition coefficient (Wildman–Crippen LogP) is 3.33. The summed E-state index contributed by atoms with van der Waals surface area (Å²) in [6, 6.07) is 21.3. The summed E-state index contributed by atoms with van der Waals surface area (Å²) in [5.74, 6) is 0. The van der Waals surface area contributed by atoms with E-state index in [9.17, 15) is 0 Å². The highest BCUT2D eigenvalue weighted by Crippen LogP contribution is 2.21. The van der Waals surface area contributed by atoms with Crippen LogP contribution < -0.4 is 5.32 Å². The zero-order chi connectivity index (χ0) is 14.3. The standard InChI is InChI=1S/C18H19N3/c1-3-7-15(8-4-1)18(16-9-5-2-6-10-16)20-12-11-17-13-19-14-21-17/h1-10,13-14,18,20H,11-12H2,(H,19,21). The summed E-state index contributed by atoms with van der Waals surface area (Å²) in [5, 5.41) is 3.64. The van der Waals surface area contributed by atoms with Gasteiger partial charge in [-0.1, -0.05) is 60.7 Å². The third-order valence-corrected chi connectivity index (χ3v) is 3.56. The van der Waals surface area contributed by atoms with Gasteiger partial charge in [-0.25, -0.2) is 4.98 Å². The molecule has 0 aliphatic heterocycles. The first kappa shape index (κ1) is 13.6. The molecule has 1 aromatic heterocycles. The predicted molar refractivity (Wildman–Crippen MR) is 85.0 cm³/mol. The molecule has 3 aromatic rings. The fraction of sp³-hybridized carbons (Fsp3) is 0.167. The van der Waals surface area contributed by atoms with Crippen molar-refractivity contribution in [2.75, 3.05) is 6.54 Å². The molecule has 0 fully saturated rings. The zero-order valence-electron chi connectivity index (χ0n) is 11.9. The van der Waals surface area contributed by atoms with Crippen molar-refractivity contribution in [3.63, 3.8) is 0 Å². The number of aromatic amines is 1. The average Bonchev–Trinajstić information content (AvgIpc) is 3.07. The van der Waals surface area contributed by atoms with Crippen LogP contribution in [0, 0.1) is 0 Å². The lowest BCUT2D eigenvalue weighted by Crippen LogP contribution is -2.24. The van der Waals surface area contributed by atoms with Crippen LogP contribution in [0.3, 0.4) is 0 Å². The third kappa shape index (κ3) is 3.58. The Hall–Kier alpha value is -2.39. The Morgan fingerprint density at radius 2 is 1.52 bits per heavy atom. The lowest BCUT2D eigenvalue weighted by Gasteiger charge is -2.19. The molecule has 0 unspecified atom stereocenters. The molecule has 106 valence electrons. The molecule has 3 rings (SSSR count). The Morgan fingerprint density at radius 1 is 0.905 bits per heavy atom.